The molecule has 0 bridgehead atoms. The van der Waals surface area contributed by atoms with Crippen molar-refractivity contribution >= 4 is 11.3 Å². The van der Waals surface area contributed by atoms with Crippen molar-refractivity contribution in [3.8, 4) is 10.7 Å². The zero-order chi connectivity index (χ0) is 11.7. The number of nitrogens with zero attached hydrogens (tertiary/aromatic N) is 2. The van der Waals surface area contributed by atoms with Crippen molar-refractivity contribution in [1.29, 1.82) is 0 Å². The zero-order valence-corrected chi connectivity index (χ0v) is 9.88. The molecule has 16 heavy (non-hydrogen) atoms. The zero-order valence-electron chi connectivity index (χ0n) is 9.07. The van der Waals surface area contributed by atoms with Gasteiger partial charge in [0.15, 0.2) is 0 Å². The predicted molar refractivity (Wildman–Crippen MR) is 62.6 cm³/mol. The molecule has 2 aromatic heterocycles. The number of aromatic nitrogens is 2. The number of hydrogen-bond acceptors (Lipinski definition) is 4. The average Bonchev–Trinajstić information content (AvgIpc) is 2.61. The predicted octanol–water partition coefficient (Wildman–Crippen LogP) is 2.67. The van der Waals surface area contributed by atoms with E-state index in [-0.39, 0.29) is 11.9 Å². The maximum atomic E-state index is 12.7. The van der Waals surface area contributed by atoms with E-state index in [0.717, 1.165) is 15.6 Å². The number of aryl methyl sites for hydroxylation is 1. The normalized spacial score (nSPS) is 12.8. The van der Waals surface area contributed by atoms with Gasteiger partial charge < -0.3 is 5.73 Å². The lowest BCUT2D eigenvalue weighted by molar-refractivity contribution is 0.622. The number of thiazole rings is 1. The van der Waals surface area contributed by atoms with Gasteiger partial charge in [0, 0.05) is 10.9 Å². The molecule has 1 unspecified atom stereocenters. The Hall–Kier alpha value is -1.33. The maximum Gasteiger partial charge on any atom is 0.142 e. The summed E-state index contributed by atoms with van der Waals surface area (Å²) in [6.45, 7) is 3.84. The fraction of sp³-hybridized carbons (Fsp3) is 0.273. The molecule has 2 rings (SSSR count). The summed E-state index contributed by atoms with van der Waals surface area (Å²) in [6.07, 6.45) is 1.19. The summed E-state index contributed by atoms with van der Waals surface area (Å²) >= 11 is 1.51. The second-order valence-electron chi connectivity index (χ2n) is 3.62. The lowest BCUT2D eigenvalue weighted by Gasteiger charge is -1.99. The first kappa shape index (κ1) is 11.2. The lowest BCUT2D eigenvalue weighted by Crippen LogP contribution is -2.03. The molecule has 0 saturated heterocycles. The van der Waals surface area contributed by atoms with Gasteiger partial charge in [-0.1, -0.05) is 0 Å². The highest BCUT2D eigenvalue weighted by Crippen LogP contribution is 2.29. The first-order chi connectivity index (χ1) is 7.58. The van der Waals surface area contributed by atoms with Gasteiger partial charge in [0.2, 0.25) is 0 Å². The smallest absolute Gasteiger partial charge is 0.142 e. The third-order valence-electron chi connectivity index (χ3n) is 2.19. The van der Waals surface area contributed by atoms with E-state index in [1.165, 1.54) is 23.6 Å². The van der Waals surface area contributed by atoms with E-state index in [0.29, 0.717) is 5.69 Å². The molecule has 0 aliphatic carbocycles. The van der Waals surface area contributed by atoms with Crippen molar-refractivity contribution in [2.75, 3.05) is 0 Å². The number of pyridine rings is 1. The van der Waals surface area contributed by atoms with Gasteiger partial charge in [0.1, 0.15) is 10.8 Å². The molecule has 0 amide bonds. The standard InChI is InChI=1S/C11H12FN3S/c1-6(13)10-7(2)15-11(16-10)9-4-3-8(12)5-14-9/h3-6H,13H2,1-2H3. The van der Waals surface area contributed by atoms with Crippen LogP contribution in [0.15, 0.2) is 18.3 Å². The van der Waals surface area contributed by atoms with Crippen LogP contribution in [0.1, 0.15) is 23.5 Å². The average molecular weight is 237 g/mol. The Morgan fingerprint density at radius 1 is 1.44 bits per heavy atom. The highest BCUT2D eigenvalue weighted by molar-refractivity contribution is 7.15. The van der Waals surface area contributed by atoms with Gasteiger partial charge in [-0.25, -0.2) is 9.37 Å². The Labute approximate surface area is 97.2 Å². The van der Waals surface area contributed by atoms with E-state index in [1.807, 2.05) is 13.8 Å². The van der Waals surface area contributed by atoms with Crippen LogP contribution in [0.4, 0.5) is 4.39 Å². The molecule has 84 valence electrons. The monoisotopic (exact) mass is 237 g/mol. The molecule has 1 atom stereocenters. The third kappa shape index (κ3) is 2.10. The Kier molecular flexibility index (Phi) is 2.98. The molecule has 0 spiro atoms. The summed E-state index contributed by atoms with van der Waals surface area (Å²) in [5.74, 6) is -0.343. The first-order valence-electron chi connectivity index (χ1n) is 4.92. The van der Waals surface area contributed by atoms with Crippen LogP contribution in [0.5, 0.6) is 0 Å². The SMILES string of the molecule is Cc1nc(-c2ccc(F)cn2)sc1C(C)N. The number of halogens is 1. The fourth-order valence-electron chi connectivity index (χ4n) is 1.44. The number of nitrogens with two attached hydrogens (primary N) is 1. The second-order valence-corrected chi connectivity index (χ2v) is 4.65. The van der Waals surface area contributed by atoms with Crippen LogP contribution < -0.4 is 5.73 Å². The number of hydrogen-bond donors (Lipinski definition) is 1. The van der Waals surface area contributed by atoms with E-state index < -0.39 is 0 Å². The largest absolute Gasteiger partial charge is 0.323 e. The van der Waals surface area contributed by atoms with Crippen LogP contribution in [0, 0.1) is 12.7 Å². The van der Waals surface area contributed by atoms with Gasteiger partial charge in [-0.15, -0.1) is 11.3 Å². The minimum absolute atomic E-state index is 0.0355. The van der Waals surface area contributed by atoms with Crippen molar-refractivity contribution in [2.24, 2.45) is 5.73 Å². The highest BCUT2D eigenvalue weighted by Gasteiger charge is 2.12. The van der Waals surface area contributed by atoms with E-state index in [9.17, 15) is 4.39 Å². The molecule has 2 N–H and O–H groups in total. The van der Waals surface area contributed by atoms with Gasteiger partial charge in [-0.3, -0.25) is 4.98 Å². The van der Waals surface area contributed by atoms with E-state index in [2.05, 4.69) is 9.97 Å². The molecular formula is C11H12FN3S. The molecule has 0 aromatic carbocycles. The van der Waals surface area contributed by atoms with Gasteiger partial charge in [0.25, 0.3) is 0 Å². The Balaban J connectivity index is 2.41. The van der Waals surface area contributed by atoms with Gasteiger partial charge in [0.05, 0.1) is 17.6 Å². The maximum absolute atomic E-state index is 12.7. The summed E-state index contributed by atoms with van der Waals surface area (Å²) in [7, 11) is 0. The van der Waals surface area contributed by atoms with E-state index in [1.54, 1.807) is 6.07 Å². The quantitative estimate of drug-likeness (QED) is 0.873. The van der Waals surface area contributed by atoms with Gasteiger partial charge in [-0.05, 0) is 26.0 Å². The van der Waals surface area contributed by atoms with E-state index in [4.69, 9.17) is 5.73 Å². The topological polar surface area (TPSA) is 51.8 Å². The van der Waals surface area contributed by atoms with Crippen molar-refractivity contribution in [2.45, 2.75) is 19.9 Å². The highest BCUT2D eigenvalue weighted by atomic mass is 32.1. The minimum Gasteiger partial charge on any atom is -0.323 e. The molecule has 5 heteroatoms. The minimum atomic E-state index is -0.343. The van der Waals surface area contributed by atoms with Crippen molar-refractivity contribution < 1.29 is 4.39 Å². The van der Waals surface area contributed by atoms with Crippen LogP contribution >= 0.6 is 11.3 Å². The van der Waals surface area contributed by atoms with Crippen LogP contribution in [-0.4, -0.2) is 9.97 Å². The van der Waals surface area contributed by atoms with Crippen LogP contribution in [0.3, 0.4) is 0 Å². The third-order valence-corrected chi connectivity index (χ3v) is 3.57. The molecule has 2 aromatic rings. The molecule has 0 aliphatic heterocycles. The van der Waals surface area contributed by atoms with Crippen molar-refractivity contribution in [3.05, 3.63) is 34.7 Å². The first-order valence-corrected chi connectivity index (χ1v) is 5.74. The molecule has 0 radical (unpaired) electrons. The number of rotatable bonds is 2. The summed E-state index contributed by atoms with van der Waals surface area (Å²) < 4.78 is 12.7. The van der Waals surface area contributed by atoms with Crippen LogP contribution in [0.25, 0.3) is 10.7 Å². The molecular weight excluding hydrogens is 225 g/mol. The Morgan fingerprint density at radius 3 is 2.69 bits per heavy atom. The van der Waals surface area contributed by atoms with Gasteiger partial charge >= 0.3 is 0 Å². The summed E-state index contributed by atoms with van der Waals surface area (Å²) in [5.41, 5.74) is 7.42. The summed E-state index contributed by atoms with van der Waals surface area (Å²) in [6, 6.07) is 2.97. The summed E-state index contributed by atoms with van der Waals surface area (Å²) in [5, 5.41) is 0.782. The Morgan fingerprint density at radius 2 is 2.19 bits per heavy atom. The Bertz CT molecular complexity index is 490. The molecule has 0 fully saturated rings. The summed E-state index contributed by atoms with van der Waals surface area (Å²) in [4.78, 5) is 9.42. The fourth-order valence-corrected chi connectivity index (χ4v) is 2.44. The van der Waals surface area contributed by atoms with Crippen molar-refractivity contribution in [1.82, 2.24) is 9.97 Å². The van der Waals surface area contributed by atoms with Crippen LogP contribution in [-0.2, 0) is 0 Å². The van der Waals surface area contributed by atoms with Crippen molar-refractivity contribution in [3.63, 3.8) is 0 Å². The molecule has 3 nitrogen and oxygen atoms in total. The molecule has 0 saturated carbocycles. The van der Waals surface area contributed by atoms with Gasteiger partial charge in [-0.2, -0.15) is 0 Å². The lowest BCUT2D eigenvalue weighted by atomic mass is 10.2. The second kappa shape index (κ2) is 4.27. The van der Waals surface area contributed by atoms with E-state index >= 15 is 0 Å². The molecule has 2 heterocycles. The molecule has 0 aliphatic rings. The van der Waals surface area contributed by atoms with Crippen LogP contribution in [0.2, 0.25) is 0 Å².